The molecule has 3 aromatic heterocycles. The molecule has 0 atom stereocenters. The van der Waals surface area contributed by atoms with Crippen molar-refractivity contribution in [2.24, 2.45) is 0 Å². The summed E-state index contributed by atoms with van der Waals surface area (Å²) in [5, 5.41) is 4.07. The lowest BCUT2D eigenvalue weighted by atomic mass is 10.1. The number of rotatable bonds is 3. The van der Waals surface area contributed by atoms with Gasteiger partial charge in [-0.05, 0) is 37.6 Å². The first-order chi connectivity index (χ1) is 12.1. The van der Waals surface area contributed by atoms with Crippen LogP contribution in [0.3, 0.4) is 0 Å². The van der Waals surface area contributed by atoms with E-state index in [1.165, 1.54) is 0 Å². The highest BCUT2D eigenvalue weighted by Gasteiger charge is 2.13. The number of hydrogen-bond acceptors (Lipinski definition) is 5. The Hall–Kier alpha value is -3.48. The Kier molecular flexibility index (Phi) is 3.53. The van der Waals surface area contributed by atoms with Crippen molar-refractivity contribution in [3.05, 3.63) is 70.7 Å². The maximum atomic E-state index is 12.0. The molecular weight excluding hydrogens is 318 g/mol. The first-order valence-corrected chi connectivity index (χ1v) is 7.76. The standard InChI is InChI=1S/C18H15N5O2/c1-11-9-19-7-6-15(11)17-21-16(22-25-17)13-4-3-5-14(8-13)23-12(2)10-20-18(23)24/h3-10H,1-2H3,(H,20,24). The predicted octanol–water partition coefficient (Wildman–Crippen LogP) is 2.89. The minimum atomic E-state index is -0.184. The number of aromatic amines is 1. The summed E-state index contributed by atoms with van der Waals surface area (Å²) >= 11 is 0. The Balaban J connectivity index is 1.76. The number of aromatic nitrogens is 5. The largest absolute Gasteiger partial charge is 0.334 e. The molecule has 4 aromatic rings. The molecule has 0 bridgehead atoms. The van der Waals surface area contributed by atoms with Gasteiger partial charge in [-0.15, -0.1) is 0 Å². The van der Waals surface area contributed by atoms with E-state index in [9.17, 15) is 4.79 Å². The van der Waals surface area contributed by atoms with Crippen molar-refractivity contribution in [2.45, 2.75) is 13.8 Å². The average molecular weight is 333 g/mol. The van der Waals surface area contributed by atoms with Crippen LogP contribution in [0.1, 0.15) is 11.3 Å². The van der Waals surface area contributed by atoms with Crippen molar-refractivity contribution in [1.29, 1.82) is 0 Å². The van der Waals surface area contributed by atoms with Crippen LogP contribution in [-0.2, 0) is 0 Å². The number of H-pyrrole nitrogens is 1. The zero-order chi connectivity index (χ0) is 17.4. The molecule has 1 N–H and O–H groups in total. The zero-order valence-corrected chi connectivity index (χ0v) is 13.7. The van der Waals surface area contributed by atoms with Gasteiger partial charge < -0.3 is 9.51 Å². The number of hydrogen-bond donors (Lipinski definition) is 1. The highest BCUT2D eigenvalue weighted by molar-refractivity contribution is 5.63. The first kappa shape index (κ1) is 15.1. The van der Waals surface area contributed by atoms with Gasteiger partial charge in [0.25, 0.3) is 5.89 Å². The fraction of sp³-hybridized carbons (Fsp3) is 0.111. The maximum absolute atomic E-state index is 12.0. The lowest BCUT2D eigenvalue weighted by Gasteiger charge is -2.05. The molecule has 0 saturated heterocycles. The van der Waals surface area contributed by atoms with E-state index >= 15 is 0 Å². The number of aryl methyl sites for hydroxylation is 2. The Bertz CT molecular complexity index is 1110. The van der Waals surface area contributed by atoms with Crippen molar-refractivity contribution < 1.29 is 4.52 Å². The fourth-order valence-electron chi connectivity index (χ4n) is 2.72. The minimum absolute atomic E-state index is 0.184. The molecule has 7 heteroatoms. The Morgan fingerprint density at radius 1 is 1.20 bits per heavy atom. The monoisotopic (exact) mass is 333 g/mol. The van der Waals surface area contributed by atoms with Gasteiger partial charge in [0, 0.05) is 35.4 Å². The Labute approximate surface area is 143 Å². The summed E-state index contributed by atoms with van der Waals surface area (Å²) in [5.74, 6) is 0.907. The number of benzene rings is 1. The fourth-order valence-corrected chi connectivity index (χ4v) is 2.72. The van der Waals surface area contributed by atoms with Crippen molar-refractivity contribution in [2.75, 3.05) is 0 Å². The molecule has 0 fully saturated rings. The SMILES string of the molecule is Cc1cnccc1-c1nc(-c2cccc(-n3c(C)c[nH]c3=O)c2)no1. The number of pyridine rings is 1. The molecule has 0 aliphatic heterocycles. The van der Waals surface area contributed by atoms with Crippen LogP contribution in [0.5, 0.6) is 0 Å². The molecule has 0 unspecified atom stereocenters. The van der Waals surface area contributed by atoms with Gasteiger partial charge in [-0.3, -0.25) is 9.55 Å². The smallest absolute Gasteiger partial charge is 0.330 e. The molecular formula is C18H15N5O2. The van der Waals surface area contributed by atoms with Crippen molar-refractivity contribution >= 4 is 0 Å². The van der Waals surface area contributed by atoms with Crippen LogP contribution in [-0.4, -0.2) is 24.7 Å². The van der Waals surface area contributed by atoms with Gasteiger partial charge in [0.05, 0.1) is 5.69 Å². The van der Waals surface area contributed by atoms with E-state index in [1.807, 2.05) is 44.2 Å². The van der Waals surface area contributed by atoms with Crippen LogP contribution in [0.4, 0.5) is 0 Å². The van der Waals surface area contributed by atoms with E-state index < -0.39 is 0 Å². The highest BCUT2D eigenvalue weighted by Crippen LogP contribution is 2.25. The Morgan fingerprint density at radius 2 is 2.08 bits per heavy atom. The summed E-state index contributed by atoms with van der Waals surface area (Å²) in [6.45, 7) is 3.80. The van der Waals surface area contributed by atoms with Crippen LogP contribution < -0.4 is 5.69 Å². The zero-order valence-electron chi connectivity index (χ0n) is 13.7. The Morgan fingerprint density at radius 3 is 2.84 bits per heavy atom. The number of nitrogens with one attached hydrogen (secondary N) is 1. The second-order valence-electron chi connectivity index (χ2n) is 5.73. The van der Waals surface area contributed by atoms with Crippen LogP contribution >= 0.6 is 0 Å². The molecule has 0 aliphatic rings. The van der Waals surface area contributed by atoms with Gasteiger partial charge in [-0.1, -0.05) is 17.3 Å². The van der Waals surface area contributed by atoms with E-state index in [1.54, 1.807) is 23.2 Å². The quantitative estimate of drug-likeness (QED) is 0.622. The summed E-state index contributed by atoms with van der Waals surface area (Å²) in [5.41, 5.74) is 3.96. The number of nitrogens with zero attached hydrogens (tertiary/aromatic N) is 4. The van der Waals surface area contributed by atoms with Crippen molar-refractivity contribution in [1.82, 2.24) is 24.7 Å². The summed E-state index contributed by atoms with van der Waals surface area (Å²) < 4.78 is 7.00. The van der Waals surface area contributed by atoms with Gasteiger partial charge >= 0.3 is 5.69 Å². The summed E-state index contributed by atoms with van der Waals surface area (Å²) in [6.07, 6.45) is 5.11. The van der Waals surface area contributed by atoms with Crippen LogP contribution in [0.25, 0.3) is 28.5 Å². The molecule has 0 spiro atoms. The van der Waals surface area contributed by atoms with Gasteiger partial charge in [0.1, 0.15) is 0 Å². The van der Waals surface area contributed by atoms with E-state index in [-0.39, 0.29) is 5.69 Å². The predicted molar refractivity (Wildman–Crippen MR) is 92.4 cm³/mol. The average Bonchev–Trinajstić information content (AvgIpc) is 3.23. The first-order valence-electron chi connectivity index (χ1n) is 7.76. The third-order valence-corrected chi connectivity index (χ3v) is 4.00. The lowest BCUT2D eigenvalue weighted by molar-refractivity contribution is 0.432. The summed E-state index contributed by atoms with van der Waals surface area (Å²) in [7, 11) is 0. The topological polar surface area (TPSA) is 89.6 Å². The van der Waals surface area contributed by atoms with E-state index in [0.717, 1.165) is 28.1 Å². The molecule has 0 radical (unpaired) electrons. The third-order valence-electron chi connectivity index (χ3n) is 4.00. The summed E-state index contributed by atoms with van der Waals surface area (Å²) in [6, 6.07) is 9.30. The minimum Gasteiger partial charge on any atom is -0.334 e. The van der Waals surface area contributed by atoms with Gasteiger partial charge in [-0.25, -0.2) is 4.79 Å². The molecule has 0 aliphatic carbocycles. The molecule has 7 nitrogen and oxygen atoms in total. The van der Waals surface area contributed by atoms with Gasteiger partial charge in [-0.2, -0.15) is 4.98 Å². The van der Waals surface area contributed by atoms with Crippen molar-refractivity contribution in [3.63, 3.8) is 0 Å². The summed E-state index contributed by atoms with van der Waals surface area (Å²) in [4.78, 5) is 23.2. The maximum Gasteiger partial charge on any atom is 0.330 e. The van der Waals surface area contributed by atoms with Gasteiger partial charge in [0.2, 0.25) is 5.82 Å². The normalized spacial score (nSPS) is 11.0. The van der Waals surface area contributed by atoms with Crippen LogP contribution in [0.15, 0.2) is 58.2 Å². The highest BCUT2D eigenvalue weighted by atomic mass is 16.5. The third kappa shape index (κ3) is 2.65. The van der Waals surface area contributed by atoms with E-state index in [4.69, 9.17) is 4.52 Å². The van der Waals surface area contributed by atoms with Crippen LogP contribution in [0.2, 0.25) is 0 Å². The van der Waals surface area contributed by atoms with Gasteiger partial charge in [0.15, 0.2) is 0 Å². The second-order valence-corrected chi connectivity index (χ2v) is 5.73. The van der Waals surface area contributed by atoms with E-state index in [0.29, 0.717) is 11.7 Å². The molecule has 25 heavy (non-hydrogen) atoms. The lowest BCUT2D eigenvalue weighted by Crippen LogP contribution is -2.15. The molecule has 0 saturated carbocycles. The molecule has 0 amide bonds. The molecule has 3 heterocycles. The van der Waals surface area contributed by atoms with Crippen molar-refractivity contribution in [3.8, 4) is 28.5 Å². The molecule has 4 rings (SSSR count). The van der Waals surface area contributed by atoms with E-state index in [2.05, 4.69) is 20.1 Å². The second kappa shape index (κ2) is 5.86. The molecule has 1 aromatic carbocycles. The van der Waals surface area contributed by atoms with Crippen LogP contribution in [0, 0.1) is 13.8 Å². The number of imidazole rings is 1. The molecule has 124 valence electrons.